The average Bonchev–Trinajstić information content (AvgIpc) is 2.36. The summed E-state index contributed by atoms with van der Waals surface area (Å²) < 4.78 is 0. The second kappa shape index (κ2) is 6.94. The Bertz CT molecular complexity index is 407. The molecule has 0 bridgehead atoms. The summed E-state index contributed by atoms with van der Waals surface area (Å²) in [5.41, 5.74) is 1.44. The van der Waals surface area contributed by atoms with Crippen LogP contribution < -0.4 is 5.32 Å². The third-order valence-corrected chi connectivity index (χ3v) is 2.73. The van der Waals surface area contributed by atoms with Crippen LogP contribution >= 0.6 is 0 Å². The zero-order valence-corrected chi connectivity index (χ0v) is 11.3. The van der Waals surface area contributed by atoms with E-state index in [0.29, 0.717) is 12.0 Å². The van der Waals surface area contributed by atoms with Gasteiger partial charge in [0.2, 0.25) is 5.91 Å². The van der Waals surface area contributed by atoms with Crippen LogP contribution in [0.3, 0.4) is 0 Å². The van der Waals surface area contributed by atoms with E-state index in [1.165, 1.54) is 0 Å². The Hall–Kier alpha value is -1.64. The number of Topliss-reactive ketones (excluding diaryl/α,β-unsaturated/α-hetero) is 1. The SMILES string of the molecule is CCCCC(=O)Nc1ccc(C(=O)C(C)C)cc1. The number of hydrogen-bond acceptors (Lipinski definition) is 2. The van der Waals surface area contributed by atoms with E-state index in [-0.39, 0.29) is 17.6 Å². The van der Waals surface area contributed by atoms with Gasteiger partial charge in [-0.1, -0.05) is 27.2 Å². The zero-order valence-electron chi connectivity index (χ0n) is 11.3. The molecule has 1 rings (SSSR count). The highest BCUT2D eigenvalue weighted by molar-refractivity contribution is 5.98. The number of carbonyl (C=O) groups is 2. The van der Waals surface area contributed by atoms with Crippen LogP contribution in [0.5, 0.6) is 0 Å². The predicted molar refractivity (Wildman–Crippen MR) is 73.8 cm³/mol. The molecule has 1 amide bonds. The summed E-state index contributed by atoms with van der Waals surface area (Å²) in [5.74, 6) is 0.147. The number of unbranched alkanes of at least 4 members (excludes halogenated alkanes) is 1. The lowest BCUT2D eigenvalue weighted by molar-refractivity contribution is -0.116. The van der Waals surface area contributed by atoms with E-state index in [4.69, 9.17) is 0 Å². The van der Waals surface area contributed by atoms with Crippen molar-refractivity contribution in [1.29, 1.82) is 0 Å². The van der Waals surface area contributed by atoms with Crippen LogP contribution in [0.1, 0.15) is 50.4 Å². The Labute approximate surface area is 109 Å². The molecule has 3 nitrogen and oxygen atoms in total. The number of carbonyl (C=O) groups excluding carboxylic acids is 2. The Balaban J connectivity index is 2.60. The first-order chi connectivity index (χ1) is 8.54. The van der Waals surface area contributed by atoms with Crippen molar-refractivity contribution in [2.45, 2.75) is 40.0 Å². The molecule has 1 aromatic carbocycles. The van der Waals surface area contributed by atoms with Crippen molar-refractivity contribution in [1.82, 2.24) is 0 Å². The van der Waals surface area contributed by atoms with Crippen LogP contribution in [0.2, 0.25) is 0 Å². The second-order valence-corrected chi connectivity index (χ2v) is 4.75. The molecular formula is C15H21NO2. The average molecular weight is 247 g/mol. The second-order valence-electron chi connectivity index (χ2n) is 4.75. The van der Waals surface area contributed by atoms with Crippen molar-refractivity contribution in [3.63, 3.8) is 0 Å². The first-order valence-corrected chi connectivity index (χ1v) is 6.48. The Morgan fingerprint density at radius 3 is 2.28 bits per heavy atom. The minimum absolute atomic E-state index is 0.00463. The van der Waals surface area contributed by atoms with Crippen LogP contribution in [0.4, 0.5) is 5.69 Å². The molecule has 18 heavy (non-hydrogen) atoms. The smallest absolute Gasteiger partial charge is 0.224 e. The third kappa shape index (κ3) is 4.32. The maximum absolute atomic E-state index is 11.7. The quantitative estimate of drug-likeness (QED) is 0.780. The first-order valence-electron chi connectivity index (χ1n) is 6.48. The number of benzene rings is 1. The molecule has 1 N–H and O–H groups in total. The van der Waals surface area contributed by atoms with Crippen LogP contribution in [0.15, 0.2) is 24.3 Å². The van der Waals surface area contributed by atoms with Crippen molar-refractivity contribution in [3.8, 4) is 0 Å². The topological polar surface area (TPSA) is 46.2 Å². The van der Waals surface area contributed by atoms with Crippen LogP contribution in [0, 0.1) is 5.92 Å². The molecule has 0 spiro atoms. The number of rotatable bonds is 6. The summed E-state index contributed by atoms with van der Waals surface area (Å²) in [6, 6.07) is 7.08. The molecular weight excluding hydrogens is 226 g/mol. The maximum atomic E-state index is 11.7. The molecule has 0 aliphatic carbocycles. The molecule has 3 heteroatoms. The normalized spacial score (nSPS) is 10.4. The van der Waals surface area contributed by atoms with Gasteiger partial charge < -0.3 is 5.32 Å². The van der Waals surface area contributed by atoms with Crippen molar-refractivity contribution in [2.75, 3.05) is 5.32 Å². The van der Waals surface area contributed by atoms with Gasteiger partial charge >= 0.3 is 0 Å². The molecule has 0 saturated carbocycles. The number of ketones is 1. The standard InChI is InChI=1S/C15H21NO2/c1-4-5-6-14(17)16-13-9-7-12(8-10-13)15(18)11(2)3/h7-11H,4-6H2,1-3H3,(H,16,17). The minimum Gasteiger partial charge on any atom is -0.326 e. The van der Waals surface area contributed by atoms with Gasteiger partial charge in [0.15, 0.2) is 5.78 Å². The fourth-order valence-electron chi connectivity index (χ4n) is 1.61. The monoisotopic (exact) mass is 247 g/mol. The summed E-state index contributed by atoms with van der Waals surface area (Å²) in [5, 5.41) is 2.82. The molecule has 1 aromatic rings. The zero-order chi connectivity index (χ0) is 13.5. The molecule has 0 fully saturated rings. The highest BCUT2D eigenvalue weighted by Gasteiger charge is 2.10. The van der Waals surface area contributed by atoms with Gasteiger partial charge in [-0.05, 0) is 30.7 Å². The fourth-order valence-corrected chi connectivity index (χ4v) is 1.61. The van der Waals surface area contributed by atoms with Crippen molar-refractivity contribution >= 4 is 17.4 Å². The third-order valence-electron chi connectivity index (χ3n) is 2.73. The maximum Gasteiger partial charge on any atom is 0.224 e. The number of anilines is 1. The molecule has 0 aliphatic rings. The molecule has 98 valence electrons. The highest BCUT2D eigenvalue weighted by atomic mass is 16.1. The molecule has 0 heterocycles. The molecule has 0 atom stereocenters. The fraction of sp³-hybridized carbons (Fsp3) is 0.467. The molecule has 0 saturated heterocycles. The van der Waals surface area contributed by atoms with E-state index < -0.39 is 0 Å². The van der Waals surface area contributed by atoms with Gasteiger partial charge in [0, 0.05) is 23.6 Å². The highest BCUT2D eigenvalue weighted by Crippen LogP contribution is 2.13. The Kier molecular flexibility index (Phi) is 5.56. The number of amides is 1. The summed E-state index contributed by atoms with van der Waals surface area (Å²) in [6.07, 6.45) is 2.45. The van der Waals surface area contributed by atoms with E-state index in [9.17, 15) is 9.59 Å². The van der Waals surface area contributed by atoms with Gasteiger partial charge in [0.05, 0.1) is 0 Å². The number of nitrogens with one attached hydrogen (secondary N) is 1. The lowest BCUT2D eigenvalue weighted by atomic mass is 10.0. The molecule has 0 aliphatic heterocycles. The van der Waals surface area contributed by atoms with Crippen LogP contribution in [0.25, 0.3) is 0 Å². The lowest BCUT2D eigenvalue weighted by Gasteiger charge is -2.07. The van der Waals surface area contributed by atoms with Gasteiger partial charge in [-0.2, -0.15) is 0 Å². The van der Waals surface area contributed by atoms with Crippen LogP contribution in [-0.2, 0) is 4.79 Å². The van der Waals surface area contributed by atoms with Crippen molar-refractivity contribution < 1.29 is 9.59 Å². The molecule has 0 unspecified atom stereocenters. The summed E-state index contributed by atoms with van der Waals surface area (Å²) in [6.45, 7) is 5.81. The van der Waals surface area contributed by atoms with E-state index >= 15 is 0 Å². The van der Waals surface area contributed by atoms with E-state index in [1.54, 1.807) is 24.3 Å². The van der Waals surface area contributed by atoms with Gasteiger partial charge in [0.25, 0.3) is 0 Å². The Morgan fingerprint density at radius 2 is 1.78 bits per heavy atom. The van der Waals surface area contributed by atoms with E-state index in [1.807, 2.05) is 13.8 Å². The Morgan fingerprint density at radius 1 is 1.17 bits per heavy atom. The number of hydrogen-bond donors (Lipinski definition) is 1. The van der Waals surface area contributed by atoms with Crippen LogP contribution in [-0.4, -0.2) is 11.7 Å². The predicted octanol–water partition coefficient (Wildman–Crippen LogP) is 3.65. The molecule has 0 aromatic heterocycles. The van der Waals surface area contributed by atoms with E-state index in [2.05, 4.69) is 12.2 Å². The van der Waals surface area contributed by atoms with Gasteiger partial charge in [-0.3, -0.25) is 9.59 Å². The summed E-state index contributed by atoms with van der Waals surface area (Å²) in [4.78, 5) is 23.3. The lowest BCUT2D eigenvalue weighted by Crippen LogP contribution is -2.11. The van der Waals surface area contributed by atoms with Crippen molar-refractivity contribution in [3.05, 3.63) is 29.8 Å². The summed E-state index contributed by atoms with van der Waals surface area (Å²) in [7, 11) is 0. The van der Waals surface area contributed by atoms with Gasteiger partial charge in [0.1, 0.15) is 0 Å². The van der Waals surface area contributed by atoms with Gasteiger partial charge in [-0.25, -0.2) is 0 Å². The molecule has 0 radical (unpaired) electrons. The first kappa shape index (κ1) is 14.4. The van der Waals surface area contributed by atoms with Crippen molar-refractivity contribution in [2.24, 2.45) is 5.92 Å². The summed E-state index contributed by atoms with van der Waals surface area (Å²) >= 11 is 0. The largest absolute Gasteiger partial charge is 0.326 e. The van der Waals surface area contributed by atoms with Gasteiger partial charge in [-0.15, -0.1) is 0 Å². The van der Waals surface area contributed by atoms with E-state index in [0.717, 1.165) is 18.5 Å². The minimum atomic E-state index is -0.00463.